The largest absolute Gasteiger partial charge is 0.372 e. The zero-order chi connectivity index (χ0) is 16.2. The van der Waals surface area contributed by atoms with Crippen molar-refractivity contribution in [2.45, 2.75) is 38.3 Å². The van der Waals surface area contributed by atoms with Crippen LogP contribution in [0.3, 0.4) is 0 Å². The number of pyridine rings is 1. The fourth-order valence-electron chi connectivity index (χ4n) is 3.01. The average Bonchev–Trinajstić information content (AvgIpc) is 3.01. The highest BCUT2D eigenvalue weighted by atomic mass is 16.5. The molecule has 1 amide bonds. The van der Waals surface area contributed by atoms with E-state index in [1.54, 1.807) is 24.8 Å². The van der Waals surface area contributed by atoms with Crippen LogP contribution in [0.5, 0.6) is 0 Å². The smallest absolute Gasteiger partial charge is 0.251 e. The minimum absolute atomic E-state index is 0.0235. The Bertz CT molecular complexity index is 683. The summed E-state index contributed by atoms with van der Waals surface area (Å²) in [4.78, 5) is 20.8. The maximum absolute atomic E-state index is 12.6. The highest BCUT2D eigenvalue weighted by molar-refractivity contribution is 5.95. The Morgan fingerprint density at radius 2 is 2.30 bits per heavy atom. The van der Waals surface area contributed by atoms with Crippen molar-refractivity contribution in [1.29, 1.82) is 0 Å². The van der Waals surface area contributed by atoms with Gasteiger partial charge in [0.05, 0.1) is 18.2 Å². The first-order chi connectivity index (χ1) is 11.2. The molecule has 1 aliphatic rings. The molecule has 122 valence electrons. The van der Waals surface area contributed by atoms with Crippen molar-refractivity contribution in [3.8, 4) is 0 Å². The van der Waals surface area contributed by atoms with Crippen LogP contribution in [0.2, 0.25) is 0 Å². The van der Waals surface area contributed by atoms with Gasteiger partial charge in [-0.25, -0.2) is 4.98 Å². The fourth-order valence-corrected chi connectivity index (χ4v) is 3.01. The lowest BCUT2D eigenvalue weighted by atomic mass is 10.00. The fraction of sp³-hybridized carbons (Fsp3) is 0.471. The third-order valence-electron chi connectivity index (χ3n) is 4.33. The molecule has 3 heterocycles. The monoisotopic (exact) mass is 314 g/mol. The van der Waals surface area contributed by atoms with Crippen molar-refractivity contribution in [3.05, 3.63) is 47.8 Å². The van der Waals surface area contributed by atoms with E-state index in [4.69, 9.17) is 4.74 Å². The molecule has 0 unspecified atom stereocenters. The maximum atomic E-state index is 12.6. The van der Waals surface area contributed by atoms with Gasteiger partial charge in [-0.05, 0) is 30.9 Å². The first-order valence-electron chi connectivity index (χ1n) is 8.00. The summed E-state index contributed by atoms with van der Waals surface area (Å²) in [7, 11) is 1.96. The predicted octanol–water partition coefficient (Wildman–Crippen LogP) is 2.03. The molecule has 23 heavy (non-hydrogen) atoms. The molecule has 1 saturated heterocycles. The summed E-state index contributed by atoms with van der Waals surface area (Å²) in [6.45, 7) is 2.67. The number of imidazole rings is 1. The molecule has 0 bridgehead atoms. The first-order valence-corrected chi connectivity index (χ1v) is 8.00. The highest BCUT2D eigenvalue weighted by Gasteiger charge is 2.27. The summed E-state index contributed by atoms with van der Waals surface area (Å²) in [5.41, 5.74) is 2.73. The van der Waals surface area contributed by atoms with Crippen LogP contribution in [-0.4, -0.2) is 33.1 Å². The third-order valence-corrected chi connectivity index (χ3v) is 4.33. The molecule has 1 fully saturated rings. The quantitative estimate of drug-likeness (QED) is 0.937. The van der Waals surface area contributed by atoms with Gasteiger partial charge in [-0.15, -0.1) is 0 Å². The van der Waals surface area contributed by atoms with E-state index in [0.29, 0.717) is 12.2 Å². The Balaban J connectivity index is 1.68. The Labute approximate surface area is 135 Å². The van der Waals surface area contributed by atoms with Gasteiger partial charge >= 0.3 is 0 Å². The molecule has 0 aliphatic carbocycles. The molecule has 0 saturated carbocycles. The number of nitrogens with one attached hydrogen (secondary N) is 1. The molecule has 3 rings (SSSR count). The van der Waals surface area contributed by atoms with Crippen LogP contribution in [0.15, 0.2) is 31.0 Å². The SMILES string of the molecule is CCc1cnccc1C(=O)N[C@H]1CCO[C@@H](c2cncn2C)C1. The second-order valence-electron chi connectivity index (χ2n) is 5.87. The lowest BCUT2D eigenvalue weighted by Gasteiger charge is -2.30. The van der Waals surface area contributed by atoms with Gasteiger partial charge in [0.2, 0.25) is 0 Å². The molecule has 6 nitrogen and oxygen atoms in total. The number of carbonyl (C=O) groups excluding carboxylic acids is 1. The van der Waals surface area contributed by atoms with E-state index in [1.165, 1.54) is 0 Å². The summed E-state index contributed by atoms with van der Waals surface area (Å²) < 4.78 is 7.81. The van der Waals surface area contributed by atoms with E-state index in [0.717, 1.165) is 30.5 Å². The van der Waals surface area contributed by atoms with E-state index in [9.17, 15) is 4.79 Å². The van der Waals surface area contributed by atoms with Gasteiger partial charge in [-0.1, -0.05) is 6.92 Å². The molecule has 6 heteroatoms. The standard InChI is InChI=1S/C17H22N4O2/c1-3-12-9-18-6-4-14(12)17(22)20-13-5-7-23-16(8-13)15-10-19-11-21(15)2/h4,6,9-11,13,16H,3,5,7-8H2,1-2H3,(H,20,22)/t13-,16+/m0/s1. The van der Waals surface area contributed by atoms with Crippen LogP contribution in [0.4, 0.5) is 0 Å². The molecule has 2 aromatic rings. The lowest BCUT2D eigenvalue weighted by Crippen LogP contribution is -2.40. The highest BCUT2D eigenvalue weighted by Crippen LogP contribution is 2.27. The Morgan fingerprint density at radius 1 is 1.43 bits per heavy atom. The summed E-state index contributed by atoms with van der Waals surface area (Å²) in [5, 5.41) is 3.14. The minimum Gasteiger partial charge on any atom is -0.372 e. The number of rotatable bonds is 4. The van der Waals surface area contributed by atoms with E-state index >= 15 is 0 Å². The number of aromatic nitrogens is 3. The van der Waals surface area contributed by atoms with Crippen molar-refractivity contribution in [2.75, 3.05) is 6.61 Å². The summed E-state index contributed by atoms with van der Waals surface area (Å²) in [6, 6.07) is 1.89. The Morgan fingerprint density at radius 3 is 3.04 bits per heavy atom. The number of nitrogens with zero attached hydrogens (tertiary/aromatic N) is 3. The molecule has 0 radical (unpaired) electrons. The van der Waals surface area contributed by atoms with E-state index in [1.807, 2.05) is 24.7 Å². The molecule has 2 atom stereocenters. The van der Waals surface area contributed by atoms with E-state index < -0.39 is 0 Å². The minimum atomic E-state index is -0.0279. The van der Waals surface area contributed by atoms with Gasteiger partial charge in [-0.3, -0.25) is 9.78 Å². The van der Waals surface area contributed by atoms with Gasteiger partial charge in [0.25, 0.3) is 5.91 Å². The molecule has 2 aromatic heterocycles. The normalized spacial score (nSPS) is 21.1. The van der Waals surface area contributed by atoms with Gasteiger partial charge in [-0.2, -0.15) is 0 Å². The van der Waals surface area contributed by atoms with Crippen LogP contribution >= 0.6 is 0 Å². The first kappa shape index (κ1) is 15.7. The molecular formula is C17H22N4O2. The number of amides is 1. The topological polar surface area (TPSA) is 69.0 Å². The molecule has 0 spiro atoms. The average molecular weight is 314 g/mol. The molecule has 1 N–H and O–H groups in total. The molecule has 1 aliphatic heterocycles. The van der Waals surface area contributed by atoms with E-state index in [-0.39, 0.29) is 18.1 Å². The second-order valence-corrected chi connectivity index (χ2v) is 5.87. The number of hydrogen-bond acceptors (Lipinski definition) is 4. The van der Waals surface area contributed by atoms with Gasteiger partial charge in [0, 0.05) is 37.7 Å². The third kappa shape index (κ3) is 3.42. The summed E-state index contributed by atoms with van der Waals surface area (Å²) >= 11 is 0. The van der Waals surface area contributed by atoms with Crippen molar-refractivity contribution < 1.29 is 9.53 Å². The zero-order valence-electron chi connectivity index (χ0n) is 13.5. The molecule has 0 aromatic carbocycles. The van der Waals surface area contributed by atoms with Gasteiger partial charge in [0.15, 0.2) is 0 Å². The van der Waals surface area contributed by atoms with Crippen molar-refractivity contribution >= 4 is 5.91 Å². The lowest BCUT2D eigenvalue weighted by molar-refractivity contribution is -0.00302. The number of hydrogen-bond donors (Lipinski definition) is 1. The number of ether oxygens (including phenoxy) is 1. The zero-order valence-corrected chi connectivity index (χ0v) is 13.5. The van der Waals surface area contributed by atoms with Crippen LogP contribution in [0.1, 0.15) is 47.5 Å². The second kappa shape index (κ2) is 6.91. The predicted molar refractivity (Wildman–Crippen MR) is 86.0 cm³/mol. The number of carbonyl (C=O) groups is 1. The van der Waals surface area contributed by atoms with Crippen molar-refractivity contribution in [2.24, 2.45) is 7.05 Å². The maximum Gasteiger partial charge on any atom is 0.251 e. The number of aryl methyl sites for hydroxylation is 2. The van der Waals surface area contributed by atoms with Crippen LogP contribution in [-0.2, 0) is 18.2 Å². The van der Waals surface area contributed by atoms with Crippen molar-refractivity contribution in [3.63, 3.8) is 0 Å². The van der Waals surface area contributed by atoms with E-state index in [2.05, 4.69) is 15.3 Å². The Hall–Kier alpha value is -2.21. The van der Waals surface area contributed by atoms with Crippen molar-refractivity contribution in [1.82, 2.24) is 19.9 Å². The van der Waals surface area contributed by atoms with Crippen LogP contribution in [0.25, 0.3) is 0 Å². The van der Waals surface area contributed by atoms with Crippen LogP contribution in [0, 0.1) is 0 Å². The Kier molecular flexibility index (Phi) is 4.71. The van der Waals surface area contributed by atoms with Gasteiger partial charge < -0.3 is 14.6 Å². The summed E-state index contributed by atoms with van der Waals surface area (Å²) in [6.07, 6.45) is 9.38. The van der Waals surface area contributed by atoms with Crippen LogP contribution < -0.4 is 5.32 Å². The van der Waals surface area contributed by atoms with Gasteiger partial charge in [0.1, 0.15) is 6.10 Å². The summed E-state index contributed by atoms with van der Waals surface area (Å²) in [5.74, 6) is -0.0279. The molecular weight excluding hydrogens is 292 g/mol.